The van der Waals surface area contributed by atoms with Gasteiger partial charge in [-0.05, 0) is 49.3 Å². The van der Waals surface area contributed by atoms with Gasteiger partial charge >= 0.3 is 0 Å². The summed E-state index contributed by atoms with van der Waals surface area (Å²) in [6.07, 6.45) is 6.56. The summed E-state index contributed by atoms with van der Waals surface area (Å²) in [5.74, 6) is 0.588. The third-order valence-corrected chi connectivity index (χ3v) is 5.05. The molecule has 0 spiro atoms. The molecule has 2 aliphatic rings. The topological polar surface area (TPSA) is 55.6 Å². The van der Waals surface area contributed by atoms with Crippen molar-refractivity contribution in [3.05, 3.63) is 41.0 Å². The number of amides is 1. The Labute approximate surface area is 138 Å². The second kappa shape index (κ2) is 6.46. The Kier molecular flexibility index (Phi) is 4.55. The minimum atomic E-state index is -0.763. The zero-order chi connectivity index (χ0) is 16.4. The summed E-state index contributed by atoms with van der Waals surface area (Å²) in [6.45, 7) is 6.60. The Morgan fingerprint density at radius 1 is 1.26 bits per heavy atom. The van der Waals surface area contributed by atoms with Crippen molar-refractivity contribution in [1.29, 1.82) is 0 Å². The summed E-state index contributed by atoms with van der Waals surface area (Å²) in [5.41, 5.74) is 9.22. The van der Waals surface area contributed by atoms with Gasteiger partial charge in [0.15, 0.2) is 0 Å². The van der Waals surface area contributed by atoms with Crippen LogP contribution in [0.15, 0.2) is 24.3 Å². The highest BCUT2D eigenvalue weighted by atomic mass is 16.5. The molecule has 1 amide bonds. The molecule has 1 aromatic rings. The average molecular weight is 314 g/mol. The lowest BCUT2D eigenvalue weighted by Crippen LogP contribution is -2.67. The lowest BCUT2D eigenvalue weighted by Gasteiger charge is -2.42. The summed E-state index contributed by atoms with van der Waals surface area (Å²) in [6, 6.07) is 6.39. The first-order valence-corrected chi connectivity index (χ1v) is 8.40. The van der Waals surface area contributed by atoms with Crippen LogP contribution in [0.5, 0.6) is 0 Å². The summed E-state index contributed by atoms with van der Waals surface area (Å²) in [5, 5.41) is 0. The standard InChI is InChI=1S/C19H26N2O2/c1-14-4-3-5-15(2)17(14)7-6-16-8-10-21(11-9-16)18(22)19(20)12-23-13-19/h3-7,16H,8-13,20H2,1-2H3/b7-6+. The van der Waals surface area contributed by atoms with Gasteiger partial charge in [-0.1, -0.05) is 30.4 Å². The zero-order valence-corrected chi connectivity index (χ0v) is 14.0. The molecule has 0 unspecified atom stereocenters. The van der Waals surface area contributed by atoms with E-state index in [1.807, 2.05) is 4.90 Å². The molecule has 124 valence electrons. The van der Waals surface area contributed by atoms with E-state index in [0.717, 1.165) is 25.9 Å². The lowest BCUT2D eigenvalue weighted by molar-refractivity contribution is -0.155. The number of rotatable bonds is 3. The smallest absolute Gasteiger partial charge is 0.247 e. The molecule has 3 rings (SSSR count). The first-order valence-electron chi connectivity index (χ1n) is 8.40. The molecule has 2 fully saturated rings. The molecule has 0 atom stereocenters. The van der Waals surface area contributed by atoms with Crippen LogP contribution < -0.4 is 5.73 Å². The number of piperidine rings is 1. The molecule has 2 aliphatic heterocycles. The molecule has 0 bridgehead atoms. The van der Waals surface area contributed by atoms with Crippen LogP contribution in [0.1, 0.15) is 29.5 Å². The highest BCUT2D eigenvalue weighted by Gasteiger charge is 2.44. The van der Waals surface area contributed by atoms with E-state index in [4.69, 9.17) is 10.5 Å². The predicted molar refractivity (Wildman–Crippen MR) is 92.0 cm³/mol. The second-order valence-corrected chi connectivity index (χ2v) is 6.94. The number of aryl methyl sites for hydroxylation is 2. The SMILES string of the molecule is Cc1cccc(C)c1/C=C/C1CCN(C(=O)C2(N)COC2)CC1. The fourth-order valence-electron chi connectivity index (χ4n) is 3.38. The molecular formula is C19H26N2O2. The van der Waals surface area contributed by atoms with Gasteiger partial charge in [0.05, 0.1) is 13.2 Å². The lowest BCUT2D eigenvalue weighted by atomic mass is 9.91. The van der Waals surface area contributed by atoms with Gasteiger partial charge in [-0.2, -0.15) is 0 Å². The van der Waals surface area contributed by atoms with Gasteiger partial charge < -0.3 is 15.4 Å². The van der Waals surface area contributed by atoms with Crippen LogP contribution in [0.25, 0.3) is 6.08 Å². The van der Waals surface area contributed by atoms with E-state index >= 15 is 0 Å². The van der Waals surface area contributed by atoms with E-state index in [2.05, 4.69) is 44.2 Å². The van der Waals surface area contributed by atoms with Crippen molar-refractivity contribution in [2.24, 2.45) is 11.7 Å². The number of hydrogen-bond acceptors (Lipinski definition) is 3. The van der Waals surface area contributed by atoms with E-state index in [1.165, 1.54) is 16.7 Å². The van der Waals surface area contributed by atoms with Gasteiger partial charge in [0.25, 0.3) is 0 Å². The maximum atomic E-state index is 12.4. The Balaban J connectivity index is 1.57. The molecular weight excluding hydrogens is 288 g/mol. The highest BCUT2D eigenvalue weighted by Crippen LogP contribution is 2.25. The van der Waals surface area contributed by atoms with Crippen molar-refractivity contribution in [3.63, 3.8) is 0 Å². The minimum Gasteiger partial charge on any atom is -0.376 e. The Morgan fingerprint density at radius 3 is 2.39 bits per heavy atom. The highest BCUT2D eigenvalue weighted by molar-refractivity contribution is 5.87. The number of allylic oxidation sites excluding steroid dienone is 1. The first-order chi connectivity index (χ1) is 11.0. The average Bonchev–Trinajstić information content (AvgIpc) is 2.52. The van der Waals surface area contributed by atoms with Gasteiger partial charge in [0.2, 0.25) is 5.91 Å². The summed E-state index contributed by atoms with van der Waals surface area (Å²) >= 11 is 0. The van der Waals surface area contributed by atoms with Gasteiger partial charge in [-0.3, -0.25) is 4.79 Å². The number of ether oxygens (including phenoxy) is 1. The maximum absolute atomic E-state index is 12.4. The molecule has 0 saturated carbocycles. The fourth-order valence-corrected chi connectivity index (χ4v) is 3.38. The summed E-state index contributed by atoms with van der Waals surface area (Å²) in [7, 11) is 0. The molecule has 4 nitrogen and oxygen atoms in total. The van der Waals surface area contributed by atoms with Gasteiger partial charge in [0, 0.05) is 13.1 Å². The van der Waals surface area contributed by atoms with Gasteiger partial charge in [0.1, 0.15) is 5.54 Å². The number of carbonyl (C=O) groups excluding carboxylic acids is 1. The molecule has 4 heteroatoms. The van der Waals surface area contributed by atoms with Crippen LogP contribution in [-0.2, 0) is 9.53 Å². The van der Waals surface area contributed by atoms with E-state index in [-0.39, 0.29) is 5.91 Å². The largest absolute Gasteiger partial charge is 0.376 e. The molecule has 23 heavy (non-hydrogen) atoms. The molecule has 0 aliphatic carbocycles. The van der Waals surface area contributed by atoms with Crippen LogP contribution in [-0.4, -0.2) is 42.6 Å². The number of likely N-dealkylation sites (tertiary alicyclic amines) is 1. The van der Waals surface area contributed by atoms with Crippen molar-refractivity contribution in [1.82, 2.24) is 4.90 Å². The van der Waals surface area contributed by atoms with Crippen LogP contribution in [0.2, 0.25) is 0 Å². The number of carbonyl (C=O) groups is 1. The zero-order valence-electron chi connectivity index (χ0n) is 14.0. The Morgan fingerprint density at radius 2 is 1.87 bits per heavy atom. The van der Waals surface area contributed by atoms with Crippen molar-refractivity contribution >= 4 is 12.0 Å². The molecule has 2 heterocycles. The predicted octanol–water partition coefficient (Wildman–Crippen LogP) is 2.28. The van der Waals surface area contributed by atoms with Crippen molar-refractivity contribution in [3.8, 4) is 0 Å². The number of nitrogens with zero attached hydrogens (tertiary/aromatic N) is 1. The number of benzene rings is 1. The van der Waals surface area contributed by atoms with E-state index in [9.17, 15) is 4.79 Å². The molecule has 0 radical (unpaired) electrons. The molecule has 0 aromatic heterocycles. The third-order valence-electron chi connectivity index (χ3n) is 5.05. The van der Waals surface area contributed by atoms with Crippen LogP contribution >= 0.6 is 0 Å². The second-order valence-electron chi connectivity index (χ2n) is 6.94. The van der Waals surface area contributed by atoms with Crippen molar-refractivity contribution in [2.45, 2.75) is 32.2 Å². The van der Waals surface area contributed by atoms with E-state index in [0.29, 0.717) is 19.1 Å². The molecule has 1 aromatic carbocycles. The quantitative estimate of drug-likeness (QED) is 0.931. The first kappa shape index (κ1) is 16.2. The number of hydrogen-bond donors (Lipinski definition) is 1. The monoisotopic (exact) mass is 314 g/mol. The summed E-state index contributed by atoms with van der Waals surface area (Å²) in [4.78, 5) is 14.3. The van der Waals surface area contributed by atoms with E-state index in [1.54, 1.807) is 0 Å². The maximum Gasteiger partial charge on any atom is 0.247 e. The van der Waals surface area contributed by atoms with Crippen molar-refractivity contribution < 1.29 is 9.53 Å². The van der Waals surface area contributed by atoms with Crippen LogP contribution in [0.3, 0.4) is 0 Å². The van der Waals surface area contributed by atoms with Crippen LogP contribution in [0.4, 0.5) is 0 Å². The normalized spacial score (nSPS) is 21.4. The molecule has 2 N–H and O–H groups in total. The van der Waals surface area contributed by atoms with Gasteiger partial charge in [-0.25, -0.2) is 0 Å². The van der Waals surface area contributed by atoms with E-state index < -0.39 is 5.54 Å². The Bertz CT molecular complexity index is 592. The summed E-state index contributed by atoms with van der Waals surface area (Å²) < 4.78 is 5.10. The minimum absolute atomic E-state index is 0.0564. The third kappa shape index (κ3) is 3.33. The van der Waals surface area contributed by atoms with Crippen LogP contribution in [0, 0.1) is 19.8 Å². The molecule has 2 saturated heterocycles. The van der Waals surface area contributed by atoms with Crippen molar-refractivity contribution in [2.75, 3.05) is 26.3 Å². The van der Waals surface area contributed by atoms with Gasteiger partial charge in [-0.15, -0.1) is 0 Å². The number of nitrogens with two attached hydrogens (primary N) is 1. The fraction of sp³-hybridized carbons (Fsp3) is 0.526. The Hall–Kier alpha value is -1.65.